The zero-order valence-electron chi connectivity index (χ0n) is 12.6. The first-order chi connectivity index (χ1) is 9.70. The van der Waals surface area contributed by atoms with Gasteiger partial charge in [0, 0.05) is 30.9 Å². The normalized spacial score (nSPS) is 16.6. The van der Waals surface area contributed by atoms with Crippen LogP contribution in [0.1, 0.15) is 25.5 Å². The first kappa shape index (κ1) is 13.2. The Morgan fingerprint density at radius 1 is 1.15 bits per heavy atom. The molecule has 0 amide bonds. The number of rotatable bonds is 2. The van der Waals surface area contributed by atoms with Crippen molar-refractivity contribution < 1.29 is 0 Å². The average Bonchev–Trinajstić information content (AvgIpc) is 2.47. The molecule has 1 aliphatic rings. The molecule has 106 valence electrons. The van der Waals surface area contributed by atoms with Crippen LogP contribution in [0, 0.1) is 12.8 Å². The molecule has 2 aromatic rings. The summed E-state index contributed by atoms with van der Waals surface area (Å²) in [6.45, 7) is 6.68. The topological polar surface area (TPSA) is 28.2 Å². The molecule has 1 aromatic carbocycles. The van der Waals surface area contributed by atoms with Gasteiger partial charge in [0.2, 0.25) is 0 Å². The van der Waals surface area contributed by atoms with E-state index in [1.54, 1.807) is 0 Å². The van der Waals surface area contributed by atoms with Crippen molar-refractivity contribution in [2.45, 2.75) is 26.7 Å². The molecule has 0 saturated carbocycles. The van der Waals surface area contributed by atoms with Crippen LogP contribution in [-0.2, 0) is 0 Å². The highest BCUT2D eigenvalue weighted by molar-refractivity contribution is 6.01. The predicted molar refractivity (Wildman–Crippen MR) is 86.6 cm³/mol. The van der Waals surface area contributed by atoms with Crippen molar-refractivity contribution >= 4 is 22.3 Å². The number of hydrogen-bond acceptors (Lipinski definition) is 3. The summed E-state index contributed by atoms with van der Waals surface area (Å²) in [5.74, 6) is 2.00. The minimum atomic E-state index is 0.843. The molecule has 20 heavy (non-hydrogen) atoms. The molecule has 2 heterocycles. The third-order valence-corrected chi connectivity index (χ3v) is 4.41. The maximum Gasteiger partial charge on any atom is 0.136 e. The number of hydrogen-bond donors (Lipinski definition) is 1. The molecule has 0 bridgehead atoms. The summed E-state index contributed by atoms with van der Waals surface area (Å²) >= 11 is 0. The lowest BCUT2D eigenvalue weighted by Crippen LogP contribution is -2.33. The second kappa shape index (κ2) is 5.31. The highest BCUT2D eigenvalue weighted by Gasteiger charge is 2.20. The highest BCUT2D eigenvalue weighted by atomic mass is 15.2. The van der Waals surface area contributed by atoms with Crippen LogP contribution in [0.5, 0.6) is 0 Å². The molecule has 3 heteroatoms. The molecule has 1 N–H and O–H groups in total. The summed E-state index contributed by atoms with van der Waals surface area (Å²) in [5.41, 5.74) is 2.23. The van der Waals surface area contributed by atoms with Gasteiger partial charge in [0.05, 0.1) is 11.4 Å². The first-order valence-electron chi connectivity index (χ1n) is 7.52. The lowest BCUT2D eigenvalue weighted by molar-refractivity contribution is 0.437. The number of pyridine rings is 1. The molecule has 0 radical (unpaired) electrons. The average molecular weight is 269 g/mol. The molecule has 0 atom stereocenters. The van der Waals surface area contributed by atoms with E-state index in [0.29, 0.717) is 0 Å². The fourth-order valence-corrected chi connectivity index (χ4v) is 3.14. The van der Waals surface area contributed by atoms with Crippen molar-refractivity contribution in [3.8, 4) is 0 Å². The number of nitrogens with zero attached hydrogens (tertiary/aromatic N) is 2. The fourth-order valence-electron chi connectivity index (χ4n) is 3.14. The Hall–Kier alpha value is -1.77. The summed E-state index contributed by atoms with van der Waals surface area (Å²) < 4.78 is 0. The Morgan fingerprint density at radius 2 is 1.80 bits per heavy atom. The molecule has 0 aliphatic carbocycles. The molecule has 0 unspecified atom stereocenters. The van der Waals surface area contributed by atoms with Crippen LogP contribution in [0.4, 0.5) is 11.5 Å². The van der Waals surface area contributed by atoms with Crippen LogP contribution >= 0.6 is 0 Å². The van der Waals surface area contributed by atoms with Crippen molar-refractivity contribution in [2.24, 2.45) is 5.92 Å². The fraction of sp³-hybridized carbons (Fsp3) is 0.471. The maximum atomic E-state index is 4.88. The summed E-state index contributed by atoms with van der Waals surface area (Å²) in [7, 11) is 1.97. The number of anilines is 2. The van der Waals surface area contributed by atoms with E-state index < -0.39 is 0 Å². The summed E-state index contributed by atoms with van der Waals surface area (Å²) in [6, 6.07) is 8.58. The Kier molecular flexibility index (Phi) is 3.51. The van der Waals surface area contributed by atoms with Gasteiger partial charge in [-0.25, -0.2) is 4.98 Å². The zero-order chi connectivity index (χ0) is 14.1. The van der Waals surface area contributed by atoms with E-state index in [2.05, 4.69) is 48.3 Å². The Balaban J connectivity index is 2.11. The van der Waals surface area contributed by atoms with Crippen LogP contribution in [0.25, 0.3) is 10.8 Å². The van der Waals surface area contributed by atoms with E-state index in [9.17, 15) is 0 Å². The quantitative estimate of drug-likeness (QED) is 0.898. The van der Waals surface area contributed by atoms with E-state index in [0.717, 1.165) is 36.2 Å². The van der Waals surface area contributed by atoms with Gasteiger partial charge in [-0.1, -0.05) is 31.2 Å². The van der Waals surface area contributed by atoms with Crippen LogP contribution in [0.3, 0.4) is 0 Å². The van der Waals surface area contributed by atoms with Crippen LogP contribution in [0.2, 0.25) is 0 Å². The number of nitrogens with one attached hydrogen (secondary N) is 1. The van der Waals surface area contributed by atoms with Crippen LogP contribution < -0.4 is 10.2 Å². The van der Waals surface area contributed by atoms with Gasteiger partial charge in [0.1, 0.15) is 5.82 Å². The van der Waals surface area contributed by atoms with Gasteiger partial charge in [0.15, 0.2) is 0 Å². The lowest BCUT2D eigenvalue weighted by atomic mass is 9.98. The number of benzene rings is 1. The van der Waals surface area contributed by atoms with Gasteiger partial charge in [0.25, 0.3) is 0 Å². The molecule has 0 spiro atoms. The van der Waals surface area contributed by atoms with Crippen molar-refractivity contribution in [2.75, 3.05) is 30.4 Å². The van der Waals surface area contributed by atoms with Gasteiger partial charge in [-0.3, -0.25) is 0 Å². The third-order valence-electron chi connectivity index (χ3n) is 4.41. The van der Waals surface area contributed by atoms with Crippen molar-refractivity contribution in [3.05, 3.63) is 30.0 Å². The highest BCUT2D eigenvalue weighted by Crippen LogP contribution is 2.34. The minimum Gasteiger partial charge on any atom is -0.386 e. The second-order valence-corrected chi connectivity index (χ2v) is 5.86. The van der Waals surface area contributed by atoms with E-state index in [-0.39, 0.29) is 0 Å². The molecular weight excluding hydrogens is 246 g/mol. The number of fused-ring (bicyclic) bond motifs is 1. The van der Waals surface area contributed by atoms with Gasteiger partial charge in [-0.2, -0.15) is 0 Å². The largest absolute Gasteiger partial charge is 0.386 e. The van der Waals surface area contributed by atoms with Gasteiger partial charge in [-0.05, 0) is 25.7 Å². The van der Waals surface area contributed by atoms with Crippen LogP contribution in [-0.4, -0.2) is 25.1 Å². The van der Waals surface area contributed by atoms with Gasteiger partial charge >= 0.3 is 0 Å². The molecule has 1 saturated heterocycles. The van der Waals surface area contributed by atoms with E-state index in [1.165, 1.54) is 23.6 Å². The Bertz CT molecular complexity index is 613. The van der Waals surface area contributed by atoms with Crippen molar-refractivity contribution in [1.82, 2.24) is 4.98 Å². The molecule has 1 aromatic heterocycles. The van der Waals surface area contributed by atoms with Crippen molar-refractivity contribution in [3.63, 3.8) is 0 Å². The lowest BCUT2D eigenvalue weighted by Gasteiger charge is -2.32. The second-order valence-electron chi connectivity index (χ2n) is 5.86. The van der Waals surface area contributed by atoms with E-state index in [1.807, 2.05) is 7.05 Å². The Labute approximate surface area is 121 Å². The molecule has 1 aliphatic heterocycles. The number of piperidine rings is 1. The molecular formula is C17H23N3. The smallest absolute Gasteiger partial charge is 0.136 e. The maximum absolute atomic E-state index is 4.88. The molecule has 3 nitrogen and oxygen atoms in total. The standard InChI is InChI=1S/C17H23N3/c1-12-8-10-20(11-9-12)17-15-7-5-4-6-14(15)16(18-3)13(2)19-17/h4-7,12,18H,8-11H2,1-3H3. The predicted octanol–water partition coefficient (Wildman–Crippen LogP) is 3.82. The third kappa shape index (κ3) is 2.21. The van der Waals surface area contributed by atoms with Crippen LogP contribution in [0.15, 0.2) is 24.3 Å². The van der Waals surface area contributed by atoms with E-state index >= 15 is 0 Å². The summed E-state index contributed by atoms with van der Waals surface area (Å²) in [5, 5.41) is 5.83. The number of aromatic nitrogens is 1. The van der Waals surface area contributed by atoms with Gasteiger partial charge in [-0.15, -0.1) is 0 Å². The minimum absolute atomic E-state index is 0.843. The zero-order valence-corrected chi connectivity index (χ0v) is 12.6. The molecule has 3 rings (SSSR count). The van der Waals surface area contributed by atoms with Crippen molar-refractivity contribution in [1.29, 1.82) is 0 Å². The summed E-state index contributed by atoms with van der Waals surface area (Å²) in [4.78, 5) is 7.34. The monoisotopic (exact) mass is 269 g/mol. The molecule has 1 fully saturated rings. The SMILES string of the molecule is CNc1c(C)nc(N2CCC(C)CC2)c2ccccc12. The number of aryl methyl sites for hydroxylation is 1. The van der Waals surface area contributed by atoms with Gasteiger partial charge < -0.3 is 10.2 Å². The first-order valence-corrected chi connectivity index (χ1v) is 7.52. The summed E-state index contributed by atoms with van der Waals surface area (Å²) in [6.07, 6.45) is 2.53. The van der Waals surface area contributed by atoms with E-state index in [4.69, 9.17) is 4.98 Å². The Morgan fingerprint density at radius 3 is 2.45 bits per heavy atom.